The molecule has 2 aromatic carbocycles. The summed E-state index contributed by atoms with van der Waals surface area (Å²) < 4.78 is 51.5. The van der Waals surface area contributed by atoms with Gasteiger partial charge < -0.3 is 18.7 Å². The lowest BCUT2D eigenvalue weighted by molar-refractivity contribution is -0.137. The molecule has 10 heteroatoms. The van der Waals surface area contributed by atoms with Gasteiger partial charge in [-0.25, -0.2) is 0 Å². The van der Waals surface area contributed by atoms with Crippen LogP contribution < -0.4 is 5.32 Å². The van der Waals surface area contributed by atoms with Crippen LogP contribution in [0.3, 0.4) is 0 Å². The fraction of sp³-hybridized carbons (Fsp3) is 0.0870. The van der Waals surface area contributed by atoms with Crippen LogP contribution in [0.1, 0.15) is 5.56 Å². The number of nitrogens with one attached hydrogen (secondary N) is 1. The van der Waals surface area contributed by atoms with E-state index in [1.807, 2.05) is 24.3 Å². The van der Waals surface area contributed by atoms with Crippen molar-refractivity contribution in [2.75, 3.05) is 5.32 Å². The molecule has 1 amide bonds. The maximum absolute atomic E-state index is 12.9. The molecule has 0 atom stereocenters. The smallest absolute Gasteiger partial charge is 0.416 e. The Bertz CT molecular complexity index is 1430. The van der Waals surface area contributed by atoms with Gasteiger partial charge in [0.2, 0.25) is 11.8 Å². The summed E-state index contributed by atoms with van der Waals surface area (Å²) in [5.41, 5.74) is 0.566. The van der Waals surface area contributed by atoms with E-state index in [1.165, 1.54) is 18.4 Å². The number of benzene rings is 2. The molecule has 1 N–H and O–H groups in total. The second-order valence-electron chi connectivity index (χ2n) is 7.20. The van der Waals surface area contributed by atoms with Crippen molar-refractivity contribution < 1.29 is 26.8 Å². The first-order valence-electron chi connectivity index (χ1n) is 9.81. The molecule has 0 aliphatic heterocycles. The van der Waals surface area contributed by atoms with Gasteiger partial charge in [-0.2, -0.15) is 13.2 Å². The summed E-state index contributed by atoms with van der Waals surface area (Å²) in [6, 6.07) is 15.2. The molecule has 0 saturated heterocycles. The van der Waals surface area contributed by atoms with E-state index < -0.39 is 17.6 Å². The van der Waals surface area contributed by atoms with Gasteiger partial charge in [0.1, 0.15) is 6.54 Å². The van der Waals surface area contributed by atoms with Gasteiger partial charge in [0.05, 0.1) is 17.4 Å². The summed E-state index contributed by atoms with van der Waals surface area (Å²) in [5, 5.41) is 11.4. The van der Waals surface area contributed by atoms with E-state index in [2.05, 4.69) is 15.5 Å². The van der Waals surface area contributed by atoms with Gasteiger partial charge >= 0.3 is 6.18 Å². The number of carbonyl (C=O) groups excluding carboxylic acids is 1. The minimum absolute atomic E-state index is 0.0616. The van der Waals surface area contributed by atoms with Crippen LogP contribution in [0.15, 0.2) is 82.0 Å². The molecule has 5 aromatic rings. The molecule has 166 valence electrons. The number of para-hydroxylation sites is 1. The molecule has 0 bridgehead atoms. The van der Waals surface area contributed by atoms with Gasteiger partial charge in [-0.05, 0) is 36.4 Å². The van der Waals surface area contributed by atoms with E-state index in [-0.39, 0.29) is 24.0 Å². The third-order valence-corrected chi connectivity index (χ3v) is 4.96. The Hall–Kier alpha value is -4.34. The maximum atomic E-state index is 12.9. The fourth-order valence-electron chi connectivity index (χ4n) is 3.51. The van der Waals surface area contributed by atoms with Crippen LogP contribution in [0, 0.1) is 0 Å². The highest BCUT2D eigenvalue weighted by molar-refractivity contribution is 5.96. The molecule has 0 unspecified atom stereocenters. The number of aromatic nitrogens is 3. The Kier molecular flexibility index (Phi) is 4.97. The van der Waals surface area contributed by atoms with Gasteiger partial charge in [0.25, 0.3) is 5.89 Å². The van der Waals surface area contributed by atoms with Crippen molar-refractivity contribution in [1.29, 1.82) is 0 Å². The van der Waals surface area contributed by atoms with Crippen LogP contribution in [-0.4, -0.2) is 20.7 Å². The zero-order valence-electron chi connectivity index (χ0n) is 16.8. The number of carbonyl (C=O) groups is 1. The molecule has 3 aromatic heterocycles. The first-order valence-corrected chi connectivity index (χ1v) is 9.81. The maximum Gasteiger partial charge on any atom is 0.416 e. The average molecular weight is 452 g/mol. The number of hydrogen-bond donors (Lipinski definition) is 1. The average Bonchev–Trinajstić information content (AvgIpc) is 3.53. The molecule has 3 heterocycles. The minimum Gasteiger partial charge on any atom is -0.459 e. The standard InChI is InChI=1S/C23H15F3N4O3/c24-23(25,26)14-5-3-6-15(11-14)27-20(31)13-30-12-17(16-7-1-2-8-18(16)30)21-28-29-22(33-21)19-9-4-10-32-19/h1-12H,13H2,(H,27,31). The van der Waals surface area contributed by atoms with Gasteiger partial charge in [-0.15, -0.1) is 10.2 Å². The topological polar surface area (TPSA) is 86.1 Å². The lowest BCUT2D eigenvalue weighted by Crippen LogP contribution is -2.18. The van der Waals surface area contributed by atoms with Crippen molar-refractivity contribution in [2.24, 2.45) is 0 Å². The summed E-state index contributed by atoms with van der Waals surface area (Å²) in [6.45, 7) is -0.129. The number of nitrogens with zero attached hydrogens (tertiary/aromatic N) is 3. The van der Waals surface area contributed by atoms with Crippen molar-refractivity contribution >= 4 is 22.5 Å². The predicted molar refractivity (Wildman–Crippen MR) is 113 cm³/mol. The number of hydrogen-bond acceptors (Lipinski definition) is 5. The molecular weight excluding hydrogens is 437 g/mol. The lowest BCUT2D eigenvalue weighted by atomic mass is 10.2. The Labute approximate surface area is 184 Å². The Morgan fingerprint density at radius 1 is 1.00 bits per heavy atom. The molecule has 7 nitrogen and oxygen atoms in total. The first kappa shape index (κ1) is 20.6. The van der Waals surface area contributed by atoms with E-state index >= 15 is 0 Å². The quantitative estimate of drug-likeness (QED) is 0.375. The van der Waals surface area contributed by atoms with Crippen LogP contribution in [-0.2, 0) is 17.5 Å². The highest BCUT2D eigenvalue weighted by Crippen LogP contribution is 2.32. The zero-order valence-corrected chi connectivity index (χ0v) is 16.8. The van der Waals surface area contributed by atoms with Crippen molar-refractivity contribution in [3.8, 4) is 23.1 Å². The van der Waals surface area contributed by atoms with Gasteiger partial charge in [-0.1, -0.05) is 24.3 Å². The Balaban J connectivity index is 1.42. The number of furan rings is 1. The van der Waals surface area contributed by atoms with E-state index in [4.69, 9.17) is 8.83 Å². The van der Waals surface area contributed by atoms with Crippen LogP contribution in [0.25, 0.3) is 34.0 Å². The first-order chi connectivity index (χ1) is 15.9. The van der Waals surface area contributed by atoms with Gasteiger partial charge in [0.15, 0.2) is 5.76 Å². The van der Waals surface area contributed by atoms with Crippen LogP contribution in [0.5, 0.6) is 0 Å². The van der Waals surface area contributed by atoms with Crippen LogP contribution >= 0.6 is 0 Å². The normalized spacial score (nSPS) is 11.7. The summed E-state index contributed by atoms with van der Waals surface area (Å²) in [5.74, 6) is 0.408. The second-order valence-corrected chi connectivity index (χ2v) is 7.20. The summed E-state index contributed by atoms with van der Waals surface area (Å²) in [6.07, 6.45) is -1.31. The second kappa shape index (κ2) is 7.97. The van der Waals surface area contributed by atoms with E-state index in [0.717, 1.165) is 23.0 Å². The SMILES string of the molecule is O=C(Cn1cc(-c2nnc(-c3ccco3)o2)c2ccccc21)Nc1cccc(C(F)(F)F)c1. The van der Waals surface area contributed by atoms with E-state index in [9.17, 15) is 18.0 Å². The molecule has 0 aliphatic rings. The Morgan fingerprint density at radius 3 is 2.61 bits per heavy atom. The van der Waals surface area contributed by atoms with Crippen molar-refractivity contribution in [2.45, 2.75) is 12.7 Å². The van der Waals surface area contributed by atoms with Gasteiger partial charge in [0, 0.05) is 22.8 Å². The number of rotatable bonds is 5. The minimum atomic E-state index is -4.50. The molecule has 0 aliphatic carbocycles. The summed E-state index contributed by atoms with van der Waals surface area (Å²) in [4.78, 5) is 12.6. The van der Waals surface area contributed by atoms with Gasteiger partial charge in [-0.3, -0.25) is 4.79 Å². The summed E-state index contributed by atoms with van der Waals surface area (Å²) >= 11 is 0. The molecule has 0 spiro atoms. The third kappa shape index (κ3) is 4.10. The zero-order chi connectivity index (χ0) is 23.0. The lowest BCUT2D eigenvalue weighted by Gasteiger charge is -2.10. The Morgan fingerprint density at radius 2 is 1.82 bits per heavy atom. The van der Waals surface area contributed by atoms with Crippen molar-refractivity contribution in [3.05, 3.63) is 78.7 Å². The van der Waals surface area contributed by atoms with E-state index in [0.29, 0.717) is 11.3 Å². The highest BCUT2D eigenvalue weighted by atomic mass is 19.4. The predicted octanol–water partition coefficient (Wildman–Crippen LogP) is 5.61. The number of alkyl halides is 3. The van der Waals surface area contributed by atoms with Crippen LogP contribution in [0.2, 0.25) is 0 Å². The molecule has 0 radical (unpaired) electrons. The van der Waals surface area contributed by atoms with Crippen molar-refractivity contribution in [1.82, 2.24) is 14.8 Å². The van der Waals surface area contributed by atoms with E-state index in [1.54, 1.807) is 22.9 Å². The number of amides is 1. The summed E-state index contributed by atoms with van der Waals surface area (Å²) in [7, 11) is 0. The molecular formula is C23H15F3N4O3. The van der Waals surface area contributed by atoms with Crippen LogP contribution in [0.4, 0.5) is 18.9 Å². The monoisotopic (exact) mass is 452 g/mol. The number of fused-ring (bicyclic) bond motifs is 1. The molecule has 0 fully saturated rings. The number of anilines is 1. The molecule has 5 rings (SSSR count). The molecule has 33 heavy (non-hydrogen) atoms. The third-order valence-electron chi connectivity index (χ3n) is 4.96. The highest BCUT2D eigenvalue weighted by Gasteiger charge is 2.30. The largest absolute Gasteiger partial charge is 0.459 e. The fourth-order valence-corrected chi connectivity index (χ4v) is 3.51. The molecule has 0 saturated carbocycles. The number of halogens is 3. The van der Waals surface area contributed by atoms with Crippen molar-refractivity contribution in [3.63, 3.8) is 0 Å².